The fourth-order valence-corrected chi connectivity index (χ4v) is 3.67. The van der Waals surface area contributed by atoms with E-state index in [4.69, 9.17) is 16.3 Å². The van der Waals surface area contributed by atoms with Crippen molar-refractivity contribution in [2.45, 2.75) is 45.2 Å². The second-order valence-electron chi connectivity index (χ2n) is 7.00. The first-order chi connectivity index (χ1) is 12.3. The van der Waals surface area contributed by atoms with Crippen molar-refractivity contribution >= 4 is 29.1 Å². The van der Waals surface area contributed by atoms with E-state index in [1.54, 1.807) is 30.1 Å². The Morgan fingerprint density at radius 1 is 1.27 bits per heavy atom. The van der Waals surface area contributed by atoms with Gasteiger partial charge >= 0.3 is 0 Å². The second-order valence-corrected chi connectivity index (χ2v) is 7.43. The van der Waals surface area contributed by atoms with Crippen LogP contribution in [-0.2, 0) is 9.59 Å². The molecule has 26 heavy (non-hydrogen) atoms. The van der Waals surface area contributed by atoms with Gasteiger partial charge in [-0.1, -0.05) is 11.6 Å². The van der Waals surface area contributed by atoms with Gasteiger partial charge in [-0.05, 0) is 58.4 Å². The van der Waals surface area contributed by atoms with E-state index in [1.165, 1.54) is 7.11 Å². The highest BCUT2D eigenvalue weighted by molar-refractivity contribution is 6.31. The van der Waals surface area contributed by atoms with Crippen molar-refractivity contribution in [1.82, 2.24) is 9.80 Å². The molecule has 0 bridgehead atoms. The lowest BCUT2D eigenvalue weighted by atomic mass is 9.97. The number of carbonyl (C=O) groups excluding carboxylic acids is 2. The van der Waals surface area contributed by atoms with Gasteiger partial charge in [-0.25, -0.2) is 0 Å². The molecule has 1 aliphatic rings. The Kier molecular flexibility index (Phi) is 7.29. The molecular formula is C19H28ClN3O3. The normalized spacial score (nSPS) is 20.2. The van der Waals surface area contributed by atoms with Crippen LogP contribution < -0.4 is 10.1 Å². The molecule has 1 aliphatic heterocycles. The summed E-state index contributed by atoms with van der Waals surface area (Å²) in [5, 5.41) is 3.30. The van der Waals surface area contributed by atoms with Gasteiger partial charge < -0.3 is 15.0 Å². The zero-order valence-corrected chi connectivity index (χ0v) is 16.7. The molecule has 0 aromatic heterocycles. The van der Waals surface area contributed by atoms with Gasteiger partial charge in [0, 0.05) is 17.1 Å². The summed E-state index contributed by atoms with van der Waals surface area (Å²) >= 11 is 5.98. The van der Waals surface area contributed by atoms with Crippen molar-refractivity contribution in [2.24, 2.45) is 0 Å². The van der Waals surface area contributed by atoms with E-state index >= 15 is 0 Å². The van der Waals surface area contributed by atoms with E-state index in [0.29, 0.717) is 16.5 Å². The summed E-state index contributed by atoms with van der Waals surface area (Å²) in [6.07, 6.45) is 3.23. The standard InChI is InChI=1S/C19H28ClN3O3/c1-13-6-5-7-14(2)23(13)19(25)12-22(3)11-18(24)21-16-10-15(20)8-9-17(16)26-4/h8-10,13-14H,5-7,11-12H2,1-4H3,(H,21,24)/t13-,14+. The van der Waals surface area contributed by atoms with E-state index in [0.717, 1.165) is 19.3 Å². The summed E-state index contributed by atoms with van der Waals surface area (Å²) in [6, 6.07) is 5.54. The number of nitrogens with zero attached hydrogens (tertiary/aromatic N) is 2. The number of hydrogen-bond donors (Lipinski definition) is 1. The lowest BCUT2D eigenvalue weighted by Gasteiger charge is -2.39. The Morgan fingerprint density at radius 3 is 2.54 bits per heavy atom. The number of likely N-dealkylation sites (tertiary alicyclic amines) is 1. The lowest BCUT2D eigenvalue weighted by molar-refractivity contribution is -0.138. The molecule has 7 heteroatoms. The Hall–Kier alpha value is -1.79. The number of ether oxygens (including phenoxy) is 1. The number of piperidine rings is 1. The van der Waals surface area contributed by atoms with Gasteiger partial charge in [0.15, 0.2) is 0 Å². The smallest absolute Gasteiger partial charge is 0.238 e. The van der Waals surface area contributed by atoms with Crippen LogP contribution in [0.1, 0.15) is 33.1 Å². The zero-order chi connectivity index (χ0) is 19.3. The monoisotopic (exact) mass is 381 g/mol. The molecule has 0 radical (unpaired) electrons. The predicted molar refractivity (Wildman–Crippen MR) is 104 cm³/mol. The summed E-state index contributed by atoms with van der Waals surface area (Å²) in [6.45, 7) is 4.50. The van der Waals surface area contributed by atoms with E-state index < -0.39 is 0 Å². The van der Waals surface area contributed by atoms with Crippen molar-refractivity contribution in [3.8, 4) is 5.75 Å². The number of halogens is 1. The molecule has 0 unspecified atom stereocenters. The van der Waals surface area contributed by atoms with Crippen LogP contribution in [0.2, 0.25) is 5.02 Å². The van der Waals surface area contributed by atoms with E-state index in [-0.39, 0.29) is 37.0 Å². The van der Waals surface area contributed by atoms with Gasteiger partial charge in [0.25, 0.3) is 0 Å². The van der Waals surface area contributed by atoms with Gasteiger partial charge in [-0.2, -0.15) is 0 Å². The van der Waals surface area contributed by atoms with E-state index in [9.17, 15) is 9.59 Å². The second kappa shape index (κ2) is 9.24. The first-order valence-corrected chi connectivity index (χ1v) is 9.32. The van der Waals surface area contributed by atoms with Crippen LogP contribution >= 0.6 is 11.6 Å². The number of benzene rings is 1. The highest BCUT2D eigenvalue weighted by Gasteiger charge is 2.29. The minimum Gasteiger partial charge on any atom is -0.495 e. The minimum absolute atomic E-state index is 0.0698. The van der Waals surface area contributed by atoms with Crippen molar-refractivity contribution in [3.63, 3.8) is 0 Å². The molecule has 2 amide bonds. The van der Waals surface area contributed by atoms with Crippen LogP contribution in [0, 0.1) is 0 Å². The number of amides is 2. The minimum atomic E-state index is -0.222. The van der Waals surface area contributed by atoms with Crippen LogP contribution in [0.25, 0.3) is 0 Å². The Balaban J connectivity index is 1.91. The number of carbonyl (C=O) groups is 2. The number of likely N-dealkylation sites (N-methyl/N-ethyl adjacent to an activating group) is 1. The molecule has 1 fully saturated rings. The summed E-state index contributed by atoms with van der Waals surface area (Å²) < 4.78 is 5.23. The average Bonchev–Trinajstić information content (AvgIpc) is 2.54. The molecule has 1 saturated heterocycles. The Bertz CT molecular complexity index is 643. The summed E-state index contributed by atoms with van der Waals surface area (Å²) in [5.74, 6) is 0.387. The molecule has 0 aliphatic carbocycles. The Labute approximate surface area is 160 Å². The fourth-order valence-electron chi connectivity index (χ4n) is 3.49. The summed E-state index contributed by atoms with van der Waals surface area (Å²) in [4.78, 5) is 28.6. The molecular weight excluding hydrogens is 354 g/mol. The lowest BCUT2D eigenvalue weighted by Crippen LogP contribution is -2.51. The molecule has 2 atom stereocenters. The summed E-state index contributed by atoms with van der Waals surface area (Å²) in [7, 11) is 3.30. The third-order valence-electron chi connectivity index (χ3n) is 4.74. The maximum atomic E-state index is 12.6. The first kappa shape index (κ1) is 20.5. The predicted octanol–water partition coefficient (Wildman–Crippen LogP) is 3.01. The van der Waals surface area contributed by atoms with Crippen LogP contribution in [0.15, 0.2) is 18.2 Å². The topological polar surface area (TPSA) is 61.9 Å². The van der Waals surface area contributed by atoms with Crippen LogP contribution in [0.5, 0.6) is 5.75 Å². The number of anilines is 1. The van der Waals surface area contributed by atoms with Gasteiger partial charge in [0.2, 0.25) is 11.8 Å². The van der Waals surface area contributed by atoms with Gasteiger partial charge in [0.1, 0.15) is 5.75 Å². The molecule has 2 rings (SSSR count). The fraction of sp³-hybridized carbons (Fsp3) is 0.579. The number of hydrogen-bond acceptors (Lipinski definition) is 4. The first-order valence-electron chi connectivity index (χ1n) is 8.95. The molecule has 144 valence electrons. The highest BCUT2D eigenvalue weighted by Crippen LogP contribution is 2.27. The highest BCUT2D eigenvalue weighted by atomic mass is 35.5. The molecule has 0 spiro atoms. The number of nitrogens with one attached hydrogen (secondary N) is 1. The van der Waals surface area contributed by atoms with Crippen molar-refractivity contribution in [3.05, 3.63) is 23.2 Å². The number of rotatable bonds is 6. The van der Waals surface area contributed by atoms with Crippen molar-refractivity contribution in [2.75, 3.05) is 32.6 Å². The summed E-state index contributed by atoms with van der Waals surface area (Å²) in [5.41, 5.74) is 0.517. The van der Waals surface area contributed by atoms with Crippen LogP contribution in [-0.4, -0.2) is 60.9 Å². The molecule has 1 aromatic rings. The molecule has 1 N–H and O–H groups in total. The SMILES string of the molecule is COc1ccc(Cl)cc1NC(=O)CN(C)CC(=O)N1[C@H](C)CCC[C@@H]1C. The van der Waals surface area contributed by atoms with Gasteiger partial charge in [-0.15, -0.1) is 0 Å². The van der Waals surface area contributed by atoms with Gasteiger partial charge in [0.05, 0.1) is 25.9 Å². The number of methoxy groups -OCH3 is 1. The van der Waals surface area contributed by atoms with Gasteiger partial charge in [-0.3, -0.25) is 14.5 Å². The van der Waals surface area contributed by atoms with Crippen molar-refractivity contribution in [1.29, 1.82) is 0 Å². The Morgan fingerprint density at radius 2 is 1.92 bits per heavy atom. The molecule has 6 nitrogen and oxygen atoms in total. The maximum Gasteiger partial charge on any atom is 0.238 e. The quantitative estimate of drug-likeness (QED) is 0.822. The van der Waals surface area contributed by atoms with Crippen molar-refractivity contribution < 1.29 is 14.3 Å². The largest absolute Gasteiger partial charge is 0.495 e. The zero-order valence-electron chi connectivity index (χ0n) is 15.9. The van der Waals surface area contributed by atoms with E-state index in [2.05, 4.69) is 19.2 Å². The van der Waals surface area contributed by atoms with Crippen LogP contribution in [0.3, 0.4) is 0 Å². The maximum absolute atomic E-state index is 12.6. The van der Waals surface area contributed by atoms with Crippen LogP contribution in [0.4, 0.5) is 5.69 Å². The third kappa shape index (κ3) is 5.35. The molecule has 1 aromatic carbocycles. The third-order valence-corrected chi connectivity index (χ3v) is 4.97. The van der Waals surface area contributed by atoms with E-state index in [1.807, 2.05) is 4.90 Å². The average molecular weight is 382 g/mol. The molecule has 1 heterocycles. The molecule has 0 saturated carbocycles.